The highest BCUT2D eigenvalue weighted by Gasteiger charge is 2.38. The van der Waals surface area contributed by atoms with Crippen molar-refractivity contribution in [2.24, 2.45) is 5.84 Å². The molecule has 6 nitrogen and oxygen atoms in total. The molecule has 0 spiro atoms. The van der Waals surface area contributed by atoms with E-state index in [-0.39, 0.29) is 17.6 Å². The third-order valence-electron chi connectivity index (χ3n) is 4.23. The van der Waals surface area contributed by atoms with Crippen LogP contribution in [0.5, 0.6) is 5.75 Å². The quantitative estimate of drug-likeness (QED) is 0.568. The monoisotopic (exact) mass is 297 g/mol. The first-order valence-corrected chi connectivity index (χ1v) is 7.67. The summed E-state index contributed by atoms with van der Waals surface area (Å²) in [6.07, 6.45) is 1.76. The molecule has 122 valence electrons. The van der Waals surface area contributed by atoms with Crippen molar-refractivity contribution in [2.45, 2.75) is 59.2 Å². The summed E-state index contributed by atoms with van der Waals surface area (Å²) >= 11 is 0. The van der Waals surface area contributed by atoms with Gasteiger partial charge in [0.2, 0.25) is 0 Å². The van der Waals surface area contributed by atoms with E-state index in [1.54, 1.807) is 13.3 Å². The number of nitrogens with two attached hydrogens (primary N) is 1. The highest BCUT2D eigenvalue weighted by atomic mass is 16.5. The maximum absolute atomic E-state index is 5.92. The van der Waals surface area contributed by atoms with Crippen molar-refractivity contribution in [1.82, 2.24) is 20.1 Å². The van der Waals surface area contributed by atoms with Crippen LogP contribution in [0, 0.1) is 0 Å². The van der Waals surface area contributed by atoms with Crippen molar-refractivity contribution in [3.63, 3.8) is 0 Å². The first kappa shape index (κ1) is 17.9. The minimum absolute atomic E-state index is 0.0859. The molecule has 0 aliphatic carbocycles. The Morgan fingerprint density at radius 3 is 2.33 bits per heavy atom. The fourth-order valence-corrected chi connectivity index (χ4v) is 3.04. The zero-order valence-electron chi connectivity index (χ0n) is 14.5. The minimum atomic E-state index is -0.168. The number of hydrogen-bond acceptors (Lipinski definition) is 5. The lowest BCUT2D eigenvalue weighted by atomic mass is 9.89. The van der Waals surface area contributed by atoms with Crippen molar-refractivity contribution in [1.29, 1.82) is 0 Å². The lowest BCUT2D eigenvalue weighted by Crippen LogP contribution is -2.54. The highest BCUT2D eigenvalue weighted by molar-refractivity contribution is 5.31. The van der Waals surface area contributed by atoms with Crippen LogP contribution in [0.4, 0.5) is 0 Å². The molecule has 3 N–H and O–H groups in total. The summed E-state index contributed by atoms with van der Waals surface area (Å²) in [7, 11) is 1.67. The van der Waals surface area contributed by atoms with Gasteiger partial charge in [-0.2, -0.15) is 5.10 Å². The van der Waals surface area contributed by atoms with Gasteiger partial charge >= 0.3 is 0 Å². The van der Waals surface area contributed by atoms with E-state index < -0.39 is 0 Å². The van der Waals surface area contributed by atoms with Gasteiger partial charge in [-0.25, -0.2) is 5.43 Å². The summed E-state index contributed by atoms with van der Waals surface area (Å²) < 4.78 is 7.48. The van der Waals surface area contributed by atoms with Crippen LogP contribution < -0.4 is 16.0 Å². The molecule has 1 aromatic rings. The average molecular weight is 297 g/mol. The summed E-state index contributed by atoms with van der Waals surface area (Å²) in [5.41, 5.74) is 3.81. The van der Waals surface area contributed by atoms with Gasteiger partial charge in [0.25, 0.3) is 0 Å². The number of hydrazine groups is 1. The van der Waals surface area contributed by atoms with Crippen LogP contribution in [-0.2, 0) is 0 Å². The molecule has 0 radical (unpaired) electrons. The van der Waals surface area contributed by atoms with Crippen molar-refractivity contribution in [3.8, 4) is 5.75 Å². The van der Waals surface area contributed by atoms with Crippen molar-refractivity contribution in [2.75, 3.05) is 20.2 Å². The summed E-state index contributed by atoms with van der Waals surface area (Å²) in [5, 5.41) is 4.46. The normalized spacial score (nSPS) is 14.0. The molecule has 0 bridgehead atoms. The molecule has 0 aliphatic rings. The van der Waals surface area contributed by atoms with Gasteiger partial charge in [0.1, 0.15) is 5.69 Å². The first-order valence-electron chi connectivity index (χ1n) is 7.67. The molecule has 1 unspecified atom stereocenters. The molecule has 0 amide bonds. The lowest BCUT2D eigenvalue weighted by Gasteiger charge is -2.43. The van der Waals surface area contributed by atoms with Crippen LogP contribution in [0.3, 0.4) is 0 Å². The number of ether oxygens (including phenoxy) is 1. The van der Waals surface area contributed by atoms with Gasteiger partial charge in [0, 0.05) is 11.6 Å². The van der Waals surface area contributed by atoms with Gasteiger partial charge in [-0.15, -0.1) is 0 Å². The maximum atomic E-state index is 5.92. The van der Waals surface area contributed by atoms with Crippen molar-refractivity contribution >= 4 is 0 Å². The number of aromatic nitrogens is 2. The van der Waals surface area contributed by atoms with E-state index in [0.29, 0.717) is 0 Å². The molecule has 6 heteroatoms. The second-order valence-electron chi connectivity index (χ2n) is 6.06. The van der Waals surface area contributed by atoms with Gasteiger partial charge in [-0.05, 0) is 40.8 Å². The second-order valence-corrected chi connectivity index (χ2v) is 6.06. The Balaban J connectivity index is 3.35. The van der Waals surface area contributed by atoms with Crippen molar-refractivity contribution in [3.05, 3.63) is 11.9 Å². The van der Waals surface area contributed by atoms with Crippen molar-refractivity contribution < 1.29 is 4.74 Å². The van der Waals surface area contributed by atoms with E-state index in [4.69, 9.17) is 10.6 Å². The highest BCUT2D eigenvalue weighted by Crippen LogP contribution is 2.36. The van der Waals surface area contributed by atoms with Crippen LogP contribution in [0.25, 0.3) is 0 Å². The van der Waals surface area contributed by atoms with Gasteiger partial charge in [-0.1, -0.05) is 13.8 Å². The lowest BCUT2D eigenvalue weighted by molar-refractivity contribution is 0.0857. The number of nitrogens with one attached hydrogen (secondary N) is 1. The van der Waals surface area contributed by atoms with Crippen LogP contribution in [0.2, 0.25) is 0 Å². The minimum Gasteiger partial charge on any atom is -0.493 e. The largest absolute Gasteiger partial charge is 0.493 e. The molecule has 0 aromatic carbocycles. The number of hydrogen-bond donors (Lipinski definition) is 2. The predicted molar refractivity (Wildman–Crippen MR) is 86.2 cm³/mol. The van der Waals surface area contributed by atoms with Gasteiger partial charge in [0.05, 0.1) is 19.3 Å². The predicted octanol–water partition coefficient (Wildman–Crippen LogP) is 2.10. The molecule has 1 aromatic heterocycles. The van der Waals surface area contributed by atoms with E-state index in [1.807, 2.05) is 4.68 Å². The zero-order chi connectivity index (χ0) is 16.2. The van der Waals surface area contributed by atoms with Gasteiger partial charge in [0.15, 0.2) is 5.75 Å². The number of methoxy groups -OCH3 is 1. The van der Waals surface area contributed by atoms with Crippen LogP contribution in [-0.4, -0.2) is 40.4 Å². The Hall–Kier alpha value is -1.11. The summed E-state index contributed by atoms with van der Waals surface area (Å²) in [6.45, 7) is 14.8. The van der Waals surface area contributed by atoms with Gasteiger partial charge < -0.3 is 4.74 Å². The molecular weight excluding hydrogens is 266 g/mol. The second kappa shape index (κ2) is 7.24. The smallest absolute Gasteiger partial charge is 0.161 e. The topological polar surface area (TPSA) is 68.3 Å². The van der Waals surface area contributed by atoms with E-state index >= 15 is 0 Å². The molecular formula is C15H31N5O. The molecule has 0 saturated heterocycles. The zero-order valence-corrected chi connectivity index (χ0v) is 14.5. The molecule has 0 aliphatic heterocycles. The van der Waals surface area contributed by atoms with E-state index in [0.717, 1.165) is 24.5 Å². The average Bonchev–Trinajstić information content (AvgIpc) is 2.84. The third kappa shape index (κ3) is 3.39. The van der Waals surface area contributed by atoms with Crippen LogP contribution in [0.15, 0.2) is 6.20 Å². The molecule has 0 fully saturated rings. The van der Waals surface area contributed by atoms with Crippen LogP contribution >= 0.6 is 0 Å². The fourth-order valence-electron chi connectivity index (χ4n) is 3.04. The van der Waals surface area contributed by atoms with Crippen LogP contribution in [0.1, 0.15) is 59.3 Å². The Bertz CT molecular complexity index is 437. The molecule has 21 heavy (non-hydrogen) atoms. The Labute approximate surface area is 128 Å². The summed E-state index contributed by atoms with van der Waals surface area (Å²) in [4.78, 5) is 2.38. The molecule has 1 atom stereocenters. The number of nitrogens with zero attached hydrogens (tertiary/aromatic N) is 3. The standard InChI is InChI=1S/C15H31N5O/c1-8-19(9-2)15(5,6)14(18-16)13-12(21-7)10-17-20(13)11(3)4/h10-11,14,18H,8-9,16H2,1-7H3. The number of likely N-dealkylation sites (N-methyl/N-ethyl adjacent to an activating group) is 1. The Morgan fingerprint density at radius 2 is 1.95 bits per heavy atom. The summed E-state index contributed by atoms with van der Waals surface area (Å²) in [5.74, 6) is 6.69. The molecule has 0 saturated carbocycles. The Morgan fingerprint density at radius 1 is 1.38 bits per heavy atom. The first-order chi connectivity index (χ1) is 9.84. The van der Waals surface area contributed by atoms with E-state index in [2.05, 4.69) is 57.0 Å². The SMILES string of the molecule is CCN(CC)C(C)(C)C(NN)c1c(OC)cnn1C(C)C. The third-order valence-corrected chi connectivity index (χ3v) is 4.23. The maximum Gasteiger partial charge on any atom is 0.161 e. The van der Waals surface area contributed by atoms with E-state index in [9.17, 15) is 0 Å². The fraction of sp³-hybridized carbons (Fsp3) is 0.800. The molecule has 1 heterocycles. The van der Waals surface area contributed by atoms with E-state index in [1.165, 1.54) is 0 Å². The number of rotatable bonds is 8. The molecule has 1 rings (SSSR count). The van der Waals surface area contributed by atoms with Gasteiger partial charge in [-0.3, -0.25) is 15.4 Å². The Kier molecular flexibility index (Phi) is 6.19. The summed E-state index contributed by atoms with van der Waals surface area (Å²) in [6, 6.07) is 0.157.